The number of nitrogens with two attached hydrogens (primary N) is 2. The first-order chi connectivity index (χ1) is 6.83. The second-order valence-electron chi connectivity index (χ2n) is 2.92. The van der Waals surface area contributed by atoms with E-state index in [1.54, 1.807) is 0 Å². The summed E-state index contributed by atoms with van der Waals surface area (Å²) in [5.74, 6) is -1.60. The van der Waals surface area contributed by atoms with Gasteiger partial charge >= 0.3 is 0 Å². The number of rotatable bonds is 3. The SMILES string of the molecule is NC(=O)CS(=O)(=O)c1ccc(N)cc1Br. The van der Waals surface area contributed by atoms with E-state index in [9.17, 15) is 13.2 Å². The van der Waals surface area contributed by atoms with Crippen molar-refractivity contribution in [2.75, 3.05) is 11.5 Å². The molecule has 1 aromatic carbocycles. The second-order valence-corrected chi connectivity index (χ2v) is 5.73. The number of carbonyl (C=O) groups is 1. The highest BCUT2D eigenvalue weighted by atomic mass is 79.9. The number of halogens is 1. The normalized spacial score (nSPS) is 11.3. The minimum atomic E-state index is -3.68. The van der Waals surface area contributed by atoms with E-state index in [4.69, 9.17) is 11.5 Å². The van der Waals surface area contributed by atoms with Gasteiger partial charge in [-0.15, -0.1) is 0 Å². The molecule has 0 unspecified atom stereocenters. The minimum Gasteiger partial charge on any atom is -0.399 e. The molecule has 4 N–H and O–H groups in total. The van der Waals surface area contributed by atoms with Gasteiger partial charge < -0.3 is 11.5 Å². The van der Waals surface area contributed by atoms with Crippen LogP contribution in [0.1, 0.15) is 0 Å². The quantitative estimate of drug-likeness (QED) is 0.782. The first-order valence-corrected chi connectivity index (χ1v) is 6.33. The average molecular weight is 293 g/mol. The lowest BCUT2D eigenvalue weighted by molar-refractivity contribution is -0.115. The van der Waals surface area contributed by atoms with Gasteiger partial charge in [0.25, 0.3) is 0 Å². The number of anilines is 1. The van der Waals surface area contributed by atoms with Crippen molar-refractivity contribution in [3.8, 4) is 0 Å². The number of hydrogen-bond acceptors (Lipinski definition) is 4. The van der Waals surface area contributed by atoms with E-state index in [-0.39, 0.29) is 4.90 Å². The fourth-order valence-electron chi connectivity index (χ4n) is 1.03. The first kappa shape index (κ1) is 12.0. The Balaban J connectivity index is 3.22. The summed E-state index contributed by atoms with van der Waals surface area (Å²) in [7, 11) is -3.68. The van der Waals surface area contributed by atoms with Gasteiger partial charge in [0.2, 0.25) is 5.91 Å². The Bertz CT molecular complexity index is 499. The molecule has 0 saturated heterocycles. The van der Waals surface area contributed by atoms with E-state index >= 15 is 0 Å². The van der Waals surface area contributed by atoms with Crippen LogP contribution in [-0.2, 0) is 14.6 Å². The number of carbonyl (C=O) groups excluding carboxylic acids is 1. The summed E-state index contributed by atoms with van der Waals surface area (Å²) >= 11 is 3.06. The van der Waals surface area contributed by atoms with Crippen LogP contribution in [0.15, 0.2) is 27.6 Å². The zero-order valence-corrected chi connectivity index (χ0v) is 10.0. The molecule has 0 aliphatic rings. The van der Waals surface area contributed by atoms with E-state index in [1.165, 1.54) is 18.2 Å². The molecular formula is C8H9BrN2O3S. The predicted molar refractivity (Wildman–Crippen MR) is 59.8 cm³/mol. The zero-order valence-electron chi connectivity index (χ0n) is 7.60. The van der Waals surface area contributed by atoms with Crippen molar-refractivity contribution < 1.29 is 13.2 Å². The molecule has 1 aromatic rings. The summed E-state index contributed by atoms with van der Waals surface area (Å²) in [6.45, 7) is 0. The van der Waals surface area contributed by atoms with Crippen LogP contribution in [0.25, 0.3) is 0 Å². The Morgan fingerprint density at radius 1 is 1.40 bits per heavy atom. The maximum Gasteiger partial charge on any atom is 0.233 e. The molecule has 1 amide bonds. The van der Waals surface area contributed by atoms with Crippen molar-refractivity contribution in [3.63, 3.8) is 0 Å². The van der Waals surface area contributed by atoms with Crippen LogP contribution in [0.4, 0.5) is 5.69 Å². The predicted octanol–water partition coefficient (Wildman–Crippen LogP) is 0.290. The maximum absolute atomic E-state index is 11.6. The Morgan fingerprint density at radius 3 is 2.47 bits per heavy atom. The van der Waals surface area contributed by atoms with Crippen molar-refractivity contribution in [1.82, 2.24) is 0 Å². The van der Waals surface area contributed by atoms with Crippen molar-refractivity contribution in [2.45, 2.75) is 4.90 Å². The van der Waals surface area contributed by atoms with Crippen LogP contribution in [0, 0.1) is 0 Å². The standard InChI is InChI=1S/C8H9BrN2O3S/c9-6-3-5(10)1-2-7(6)15(13,14)4-8(11)12/h1-3H,4,10H2,(H2,11,12). The lowest BCUT2D eigenvalue weighted by atomic mass is 10.3. The van der Waals surface area contributed by atoms with Gasteiger partial charge in [-0.1, -0.05) is 0 Å². The summed E-state index contributed by atoms with van der Waals surface area (Å²) in [5.41, 5.74) is 10.7. The van der Waals surface area contributed by atoms with E-state index < -0.39 is 21.5 Å². The molecule has 0 aliphatic heterocycles. The number of hydrogen-bond donors (Lipinski definition) is 2. The second kappa shape index (κ2) is 4.19. The van der Waals surface area contributed by atoms with Crippen LogP contribution in [0.5, 0.6) is 0 Å². The molecular weight excluding hydrogens is 284 g/mol. The number of nitrogen functional groups attached to an aromatic ring is 1. The van der Waals surface area contributed by atoms with Crippen molar-refractivity contribution in [3.05, 3.63) is 22.7 Å². The molecule has 0 aromatic heterocycles. The molecule has 0 saturated carbocycles. The fraction of sp³-hybridized carbons (Fsp3) is 0.125. The van der Waals surface area contributed by atoms with Crippen molar-refractivity contribution in [1.29, 1.82) is 0 Å². The Kier molecular flexibility index (Phi) is 3.35. The number of benzene rings is 1. The van der Waals surface area contributed by atoms with Gasteiger partial charge in [0.05, 0.1) is 4.90 Å². The summed E-state index contributed by atoms with van der Waals surface area (Å²) in [4.78, 5) is 10.6. The van der Waals surface area contributed by atoms with Gasteiger partial charge in [0.15, 0.2) is 9.84 Å². The maximum atomic E-state index is 11.6. The largest absolute Gasteiger partial charge is 0.399 e. The van der Waals surface area contributed by atoms with Gasteiger partial charge in [-0.2, -0.15) is 0 Å². The minimum absolute atomic E-state index is 0.00972. The topological polar surface area (TPSA) is 103 Å². The molecule has 0 aliphatic carbocycles. The average Bonchev–Trinajstić information content (AvgIpc) is 1.99. The van der Waals surface area contributed by atoms with Crippen LogP contribution < -0.4 is 11.5 Å². The summed E-state index contributed by atoms with van der Waals surface area (Å²) < 4.78 is 23.5. The molecule has 0 radical (unpaired) electrons. The summed E-state index contributed by atoms with van der Waals surface area (Å²) in [6.07, 6.45) is 0. The molecule has 0 atom stereocenters. The first-order valence-electron chi connectivity index (χ1n) is 3.89. The molecule has 1 rings (SSSR count). The highest BCUT2D eigenvalue weighted by Gasteiger charge is 2.20. The van der Waals surface area contributed by atoms with Crippen LogP contribution >= 0.6 is 15.9 Å². The van der Waals surface area contributed by atoms with Gasteiger partial charge in [-0.3, -0.25) is 4.79 Å². The third-order valence-corrected chi connectivity index (χ3v) is 4.23. The van der Waals surface area contributed by atoms with Crippen molar-refractivity contribution in [2.24, 2.45) is 5.73 Å². The van der Waals surface area contributed by atoms with E-state index in [0.717, 1.165) is 0 Å². The number of primary amides is 1. The van der Waals surface area contributed by atoms with E-state index in [0.29, 0.717) is 10.2 Å². The highest BCUT2D eigenvalue weighted by Crippen LogP contribution is 2.24. The van der Waals surface area contributed by atoms with Crippen molar-refractivity contribution >= 4 is 37.4 Å². The third kappa shape index (κ3) is 2.93. The molecule has 82 valence electrons. The summed E-state index contributed by atoms with van der Waals surface area (Å²) in [5, 5.41) is 0. The number of amides is 1. The molecule has 0 heterocycles. The van der Waals surface area contributed by atoms with Gasteiger partial charge in [0, 0.05) is 10.2 Å². The monoisotopic (exact) mass is 292 g/mol. The van der Waals surface area contributed by atoms with E-state index in [1.807, 2.05) is 0 Å². The van der Waals surface area contributed by atoms with Crippen LogP contribution in [0.2, 0.25) is 0 Å². The smallest absolute Gasteiger partial charge is 0.233 e. The lowest BCUT2D eigenvalue weighted by Crippen LogP contribution is -2.23. The lowest BCUT2D eigenvalue weighted by Gasteiger charge is -2.05. The zero-order chi connectivity index (χ0) is 11.6. The molecule has 7 heteroatoms. The Morgan fingerprint density at radius 2 is 2.00 bits per heavy atom. The highest BCUT2D eigenvalue weighted by molar-refractivity contribution is 9.10. The Hall–Kier alpha value is -1.08. The van der Waals surface area contributed by atoms with Crippen LogP contribution in [-0.4, -0.2) is 20.1 Å². The Labute approximate surface area is 95.5 Å². The van der Waals surface area contributed by atoms with E-state index in [2.05, 4.69) is 15.9 Å². The molecule has 0 spiro atoms. The van der Waals surface area contributed by atoms with Crippen LogP contribution in [0.3, 0.4) is 0 Å². The molecule has 0 bridgehead atoms. The molecule has 0 fully saturated rings. The fourth-order valence-corrected chi connectivity index (χ4v) is 3.33. The van der Waals surface area contributed by atoms with Gasteiger partial charge in [-0.05, 0) is 34.1 Å². The van der Waals surface area contributed by atoms with Gasteiger partial charge in [0.1, 0.15) is 5.75 Å². The molecule has 15 heavy (non-hydrogen) atoms. The van der Waals surface area contributed by atoms with Gasteiger partial charge in [-0.25, -0.2) is 8.42 Å². The summed E-state index contributed by atoms with van der Waals surface area (Å²) in [6, 6.07) is 4.23. The third-order valence-electron chi connectivity index (χ3n) is 1.62. The number of sulfone groups is 1. The molecule has 5 nitrogen and oxygen atoms in total.